The summed E-state index contributed by atoms with van der Waals surface area (Å²) in [7, 11) is 0. The molecule has 0 aromatic rings. The van der Waals surface area contributed by atoms with Gasteiger partial charge in [-0.1, -0.05) is 0 Å². The number of thiol groups is 1. The van der Waals surface area contributed by atoms with Gasteiger partial charge in [-0.15, -0.1) is 0 Å². The summed E-state index contributed by atoms with van der Waals surface area (Å²) in [4.78, 5) is 0. The second-order valence-electron chi connectivity index (χ2n) is 2.66. The Morgan fingerprint density at radius 3 is 2.50 bits per heavy atom. The van der Waals surface area contributed by atoms with Crippen LogP contribution in [0, 0.1) is 0 Å². The fourth-order valence-corrected chi connectivity index (χ4v) is 1.47. The van der Waals surface area contributed by atoms with Crippen LogP contribution in [0.2, 0.25) is 0 Å². The Morgan fingerprint density at radius 2 is 2.08 bits per heavy atom. The minimum atomic E-state index is -0.956. The first-order valence-electron chi connectivity index (χ1n) is 3.94. The van der Waals surface area contributed by atoms with E-state index in [0.29, 0.717) is 12.4 Å². The molecule has 1 saturated heterocycles. The van der Waals surface area contributed by atoms with Crippen LogP contribution in [0.1, 0.15) is 6.92 Å². The predicted molar refractivity (Wildman–Crippen MR) is 46.2 cm³/mol. The zero-order chi connectivity index (χ0) is 9.14. The maximum Gasteiger partial charge on any atom is 0.186 e. The first-order chi connectivity index (χ1) is 5.70. The molecule has 1 fully saturated rings. The van der Waals surface area contributed by atoms with Gasteiger partial charge >= 0.3 is 0 Å². The summed E-state index contributed by atoms with van der Waals surface area (Å²) in [6.07, 6.45) is -2.98. The highest BCUT2D eigenvalue weighted by molar-refractivity contribution is 7.80. The zero-order valence-corrected chi connectivity index (χ0v) is 7.78. The fourth-order valence-electron chi connectivity index (χ4n) is 1.17. The van der Waals surface area contributed by atoms with Crippen LogP contribution in [0.15, 0.2) is 0 Å². The Kier molecular flexibility index (Phi) is 3.79. The minimum Gasteiger partial charge on any atom is -0.387 e. The summed E-state index contributed by atoms with van der Waals surface area (Å²) in [5, 5.41) is 18.7. The molecule has 0 aliphatic carbocycles. The quantitative estimate of drug-likeness (QED) is 0.525. The van der Waals surface area contributed by atoms with E-state index < -0.39 is 24.6 Å². The van der Waals surface area contributed by atoms with E-state index in [1.165, 1.54) is 0 Å². The highest BCUT2D eigenvalue weighted by atomic mass is 32.1. The van der Waals surface area contributed by atoms with Gasteiger partial charge in [0.05, 0.1) is 6.10 Å². The Labute approximate surface area is 76.9 Å². The van der Waals surface area contributed by atoms with Crippen molar-refractivity contribution in [2.45, 2.75) is 31.5 Å². The van der Waals surface area contributed by atoms with Crippen molar-refractivity contribution in [3.05, 3.63) is 0 Å². The van der Waals surface area contributed by atoms with Gasteiger partial charge in [0.1, 0.15) is 12.2 Å². The topological polar surface area (TPSA) is 58.9 Å². The highest BCUT2D eigenvalue weighted by Crippen LogP contribution is 2.22. The van der Waals surface area contributed by atoms with Gasteiger partial charge in [-0.3, -0.25) is 0 Å². The second kappa shape index (κ2) is 4.43. The second-order valence-corrected chi connectivity index (χ2v) is 3.03. The average Bonchev–Trinajstić information content (AvgIpc) is 2.33. The van der Waals surface area contributed by atoms with E-state index in [2.05, 4.69) is 12.6 Å². The molecule has 1 aliphatic rings. The van der Waals surface area contributed by atoms with Crippen molar-refractivity contribution >= 4 is 12.6 Å². The van der Waals surface area contributed by atoms with Crippen molar-refractivity contribution < 1.29 is 19.7 Å². The molecule has 4 nitrogen and oxygen atoms in total. The summed E-state index contributed by atoms with van der Waals surface area (Å²) in [5.41, 5.74) is 0. The Bertz CT molecular complexity index is 143. The Balaban J connectivity index is 2.48. The first-order valence-corrected chi connectivity index (χ1v) is 4.58. The van der Waals surface area contributed by atoms with Gasteiger partial charge in [-0.25, -0.2) is 0 Å². The monoisotopic (exact) mass is 194 g/mol. The molecule has 1 aliphatic heterocycles. The van der Waals surface area contributed by atoms with Crippen LogP contribution in [0.5, 0.6) is 0 Å². The molecule has 0 amide bonds. The molecule has 0 radical (unpaired) electrons. The molecule has 72 valence electrons. The van der Waals surface area contributed by atoms with Crippen LogP contribution in [-0.4, -0.2) is 47.2 Å². The minimum absolute atomic E-state index is 0.377. The smallest absolute Gasteiger partial charge is 0.186 e. The van der Waals surface area contributed by atoms with Crippen molar-refractivity contribution in [2.75, 3.05) is 12.4 Å². The molecule has 4 atom stereocenters. The SMILES string of the molecule is CCO[C@@H]1O[C@H](CS)[C@@H](O)[C@H]1O. The molecule has 0 spiro atoms. The maximum absolute atomic E-state index is 9.36. The number of hydrogen-bond acceptors (Lipinski definition) is 5. The summed E-state index contributed by atoms with van der Waals surface area (Å²) < 4.78 is 10.2. The van der Waals surface area contributed by atoms with E-state index in [1.54, 1.807) is 6.92 Å². The van der Waals surface area contributed by atoms with Crippen molar-refractivity contribution in [3.8, 4) is 0 Å². The largest absolute Gasteiger partial charge is 0.387 e. The lowest BCUT2D eigenvalue weighted by Gasteiger charge is -2.13. The highest BCUT2D eigenvalue weighted by Gasteiger charge is 2.42. The van der Waals surface area contributed by atoms with Gasteiger partial charge in [0.2, 0.25) is 0 Å². The number of hydrogen-bond donors (Lipinski definition) is 3. The molecule has 0 bridgehead atoms. The fraction of sp³-hybridized carbons (Fsp3) is 1.00. The molecule has 0 saturated carbocycles. The molecule has 0 aromatic carbocycles. The van der Waals surface area contributed by atoms with E-state index in [4.69, 9.17) is 9.47 Å². The molecule has 1 rings (SSSR count). The third-order valence-corrected chi connectivity index (χ3v) is 2.19. The van der Waals surface area contributed by atoms with Crippen molar-refractivity contribution in [2.24, 2.45) is 0 Å². The Morgan fingerprint density at radius 1 is 1.42 bits per heavy atom. The molecular formula is C7H14O4S. The number of ether oxygens (including phenoxy) is 2. The number of aliphatic hydroxyl groups excluding tert-OH is 2. The van der Waals surface area contributed by atoms with E-state index >= 15 is 0 Å². The molecule has 1 heterocycles. The Hall–Kier alpha value is 0.190. The number of aliphatic hydroxyl groups is 2. The lowest BCUT2D eigenvalue weighted by molar-refractivity contribution is -0.159. The van der Waals surface area contributed by atoms with Gasteiger partial charge < -0.3 is 19.7 Å². The summed E-state index contributed by atoms with van der Waals surface area (Å²) in [5.74, 6) is 0.377. The third-order valence-electron chi connectivity index (χ3n) is 1.83. The van der Waals surface area contributed by atoms with Gasteiger partial charge in [-0.2, -0.15) is 12.6 Å². The van der Waals surface area contributed by atoms with Crippen LogP contribution >= 0.6 is 12.6 Å². The van der Waals surface area contributed by atoms with Gasteiger partial charge in [0, 0.05) is 12.4 Å². The maximum atomic E-state index is 9.36. The van der Waals surface area contributed by atoms with Crippen LogP contribution in [0.4, 0.5) is 0 Å². The van der Waals surface area contributed by atoms with Gasteiger partial charge in [0.15, 0.2) is 6.29 Å². The molecule has 12 heavy (non-hydrogen) atoms. The van der Waals surface area contributed by atoms with Crippen LogP contribution in [-0.2, 0) is 9.47 Å². The van der Waals surface area contributed by atoms with Gasteiger partial charge in [0.25, 0.3) is 0 Å². The van der Waals surface area contributed by atoms with Crippen molar-refractivity contribution in [1.82, 2.24) is 0 Å². The molecule has 0 unspecified atom stereocenters. The average molecular weight is 194 g/mol. The molecule has 5 heteroatoms. The molecule has 0 aromatic heterocycles. The molecular weight excluding hydrogens is 180 g/mol. The summed E-state index contributed by atoms with van der Waals surface area (Å²) in [6.45, 7) is 2.25. The lowest BCUT2D eigenvalue weighted by atomic mass is 10.2. The lowest BCUT2D eigenvalue weighted by Crippen LogP contribution is -2.34. The standard InChI is InChI=1S/C7H14O4S/c1-2-10-7-6(9)5(8)4(3-12)11-7/h4-9,12H,2-3H2,1H3/t4-,5-,6-,7-/m1/s1. The third kappa shape index (κ3) is 1.92. The number of rotatable bonds is 3. The van der Waals surface area contributed by atoms with Crippen LogP contribution in [0.3, 0.4) is 0 Å². The molecule has 2 N–H and O–H groups in total. The normalized spacial score (nSPS) is 42.0. The summed E-state index contributed by atoms with van der Waals surface area (Å²) in [6, 6.07) is 0. The van der Waals surface area contributed by atoms with Crippen molar-refractivity contribution in [1.29, 1.82) is 0 Å². The van der Waals surface area contributed by atoms with E-state index in [1.807, 2.05) is 0 Å². The van der Waals surface area contributed by atoms with Gasteiger partial charge in [-0.05, 0) is 6.92 Å². The van der Waals surface area contributed by atoms with Crippen LogP contribution in [0.25, 0.3) is 0 Å². The van der Waals surface area contributed by atoms with E-state index in [9.17, 15) is 10.2 Å². The predicted octanol–water partition coefficient (Wildman–Crippen LogP) is -0.601. The van der Waals surface area contributed by atoms with Crippen molar-refractivity contribution in [3.63, 3.8) is 0 Å². The van der Waals surface area contributed by atoms with E-state index in [-0.39, 0.29) is 0 Å². The first kappa shape index (κ1) is 10.3. The van der Waals surface area contributed by atoms with E-state index in [0.717, 1.165) is 0 Å². The summed E-state index contributed by atoms with van der Waals surface area (Å²) >= 11 is 3.97. The van der Waals surface area contributed by atoms with Crippen LogP contribution < -0.4 is 0 Å². The zero-order valence-electron chi connectivity index (χ0n) is 6.88.